The van der Waals surface area contributed by atoms with Crippen LogP contribution in [0.1, 0.15) is 35.4 Å². The summed E-state index contributed by atoms with van der Waals surface area (Å²) in [6.07, 6.45) is 2.29. The van der Waals surface area contributed by atoms with Gasteiger partial charge in [-0.3, -0.25) is 34.7 Å². The van der Waals surface area contributed by atoms with Gasteiger partial charge in [0.25, 0.3) is 17.5 Å². The molecule has 2 saturated heterocycles. The van der Waals surface area contributed by atoms with E-state index in [-0.39, 0.29) is 37.4 Å². The molecule has 4 aromatic rings. The number of aliphatic hydroxyl groups is 1. The zero-order chi connectivity index (χ0) is 37.0. The van der Waals surface area contributed by atoms with E-state index in [2.05, 4.69) is 5.43 Å². The molecule has 268 valence electrons. The molecule has 4 amide bonds. The van der Waals surface area contributed by atoms with Gasteiger partial charge in [0, 0.05) is 18.1 Å². The Balaban J connectivity index is 1.29. The van der Waals surface area contributed by atoms with Crippen LogP contribution >= 0.6 is 0 Å². The van der Waals surface area contributed by atoms with Gasteiger partial charge in [-0.25, -0.2) is 4.90 Å². The van der Waals surface area contributed by atoms with Crippen molar-refractivity contribution in [2.24, 2.45) is 23.7 Å². The van der Waals surface area contributed by atoms with E-state index in [4.69, 9.17) is 4.74 Å². The van der Waals surface area contributed by atoms with E-state index >= 15 is 4.79 Å². The molecule has 6 unspecified atom stereocenters. The molecule has 12 heteroatoms. The molecular weight excluding hydrogens is 676 g/mol. The summed E-state index contributed by atoms with van der Waals surface area (Å²) >= 11 is 0. The number of aryl methyl sites for hydroxylation is 1. The number of hydrogen-bond acceptors (Lipinski definition) is 9. The molecule has 0 aromatic heterocycles. The Morgan fingerprint density at radius 3 is 2.32 bits per heavy atom. The van der Waals surface area contributed by atoms with Gasteiger partial charge < -0.3 is 9.84 Å². The summed E-state index contributed by atoms with van der Waals surface area (Å²) in [7, 11) is 0. The first-order valence-electron chi connectivity index (χ1n) is 17.6. The highest BCUT2D eigenvalue weighted by molar-refractivity contribution is 6.22. The molecule has 4 aromatic carbocycles. The highest BCUT2D eigenvalue weighted by Crippen LogP contribution is 2.64. The van der Waals surface area contributed by atoms with Crippen molar-refractivity contribution in [2.75, 3.05) is 23.5 Å². The van der Waals surface area contributed by atoms with Crippen molar-refractivity contribution in [3.8, 4) is 5.75 Å². The van der Waals surface area contributed by atoms with Crippen molar-refractivity contribution in [3.05, 3.63) is 142 Å². The number of carbonyl (C=O) groups excluding carboxylic acids is 4. The molecule has 6 atom stereocenters. The van der Waals surface area contributed by atoms with E-state index in [0.717, 1.165) is 26.6 Å². The van der Waals surface area contributed by atoms with E-state index in [1.807, 2.05) is 67.6 Å². The number of hydrogen-bond donors (Lipinski definition) is 2. The third-order valence-electron chi connectivity index (χ3n) is 11.3. The van der Waals surface area contributed by atoms with Crippen LogP contribution in [0.15, 0.2) is 115 Å². The Labute approximate surface area is 304 Å². The Morgan fingerprint density at radius 2 is 1.62 bits per heavy atom. The van der Waals surface area contributed by atoms with Gasteiger partial charge in [-0.05, 0) is 67.1 Å². The fourth-order valence-corrected chi connectivity index (χ4v) is 9.04. The van der Waals surface area contributed by atoms with Crippen LogP contribution in [0.5, 0.6) is 5.75 Å². The number of carbonyl (C=O) groups is 4. The van der Waals surface area contributed by atoms with Crippen LogP contribution < -0.4 is 15.1 Å². The molecule has 4 aliphatic rings. The summed E-state index contributed by atoms with van der Waals surface area (Å²) in [5.41, 5.74) is 5.27. The highest BCUT2D eigenvalue weighted by atomic mass is 16.6. The molecule has 0 radical (unpaired) electrons. The van der Waals surface area contributed by atoms with E-state index < -0.39 is 63.6 Å². The Morgan fingerprint density at radius 1 is 0.887 bits per heavy atom. The van der Waals surface area contributed by atoms with E-state index in [9.17, 15) is 29.6 Å². The average molecular weight is 713 g/mol. The van der Waals surface area contributed by atoms with Crippen molar-refractivity contribution >= 4 is 40.7 Å². The van der Waals surface area contributed by atoms with Crippen molar-refractivity contribution in [3.63, 3.8) is 0 Å². The smallest absolute Gasteiger partial charge is 0.271 e. The number of nitro benzene ring substituents is 1. The van der Waals surface area contributed by atoms with Crippen LogP contribution in [0.2, 0.25) is 0 Å². The van der Waals surface area contributed by atoms with Crippen LogP contribution in [0.3, 0.4) is 0 Å². The lowest BCUT2D eigenvalue weighted by Crippen LogP contribution is -2.53. The molecule has 53 heavy (non-hydrogen) atoms. The molecular formula is C41H36N4O8. The number of fused-ring (bicyclic) bond motifs is 4. The number of aliphatic hydroxyl groups excluding tert-OH is 1. The van der Waals surface area contributed by atoms with E-state index in [1.165, 1.54) is 24.3 Å². The summed E-state index contributed by atoms with van der Waals surface area (Å²) in [5.74, 6) is -5.15. The van der Waals surface area contributed by atoms with Gasteiger partial charge in [-0.15, -0.1) is 0 Å². The second kappa shape index (κ2) is 13.1. The van der Waals surface area contributed by atoms with Gasteiger partial charge in [-0.1, -0.05) is 77.9 Å². The summed E-state index contributed by atoms with van der Waals surface area (Å²) in [5, 5.41) is 22.0. The molecule has 3 fully saturated rings. The molecule has 2 aliphatic carbocycles. The monoisotopic (exact) mass is 712 g/mol. The first-order valence-corrected chi connectivity index (χ1v) is 17.6. The number of benzene rings is 4. The molecule has 2 aliphatic heterocycles. The number of non-ortho nitro benzene ring substituents is 1. The zero-order valence-electron chi connectivity index (χ0n) is 28.8. The van der Waals surface area contributed by atoms with Crippen molar-refractivity contribution in [2.45, 2.75) is 31.1 Å². The number of rotatable bonds is 9. The van der Waals surface area contributed by atoms with Gasteiger partial charge in [-0.2, -0.15) is 5.01 Å². The lowest BCUT2D eigenvalue weighted by atomic mass is 9.49. The normalized spacial score (nSPS) is 26.2. The maximum absolute atomic E-state index is 15.3. The van der Waals surface area contributed by atoms with Crippen LogP contribution in [0.4, 0.5) is 17.1 Å². The molecule has 2 heterocycles. The maximum Gasteiger partial charge on any atom is 0.271 e. The average Bonchev–Trinajstić information content (AvgIpc) is 3.56. The third kappa shape index (κ3) is 5.31. The van der Waals surface area contributed by atoms with E-state index in [0.29, 0.717) is 17.0 Å². The molecule has 12 nitrogen and oxygen atoms in total. The number of nitrogens with zero attached hydrogens (tertiary/aromatic N) is 3. The summed E-state index contributed by atoms with van der Waals surface area (Å²) < 4.78 is 5.66. The number of hydrazine groups is 1. The predicted octanol–water partition coefficient (Wildman–Crippen LogP) is 5.46. The summed E-state index contributed by atoms with van der Waals surface area (Å²) in [6.45, 7) is 1.87. The quantitative estimate of drug-likeness (QED) is 0.0994. The second-order valence-corrected chi connectivity index (χ2v) is 14.0. The lowest BCUT2D eigenvalue weighted by Gasteiger charge is -2.50. The number of anilines is 2. The minimum absolute atomic E-state index is 0.0962. The number of allylic oxidation sites excluding steroid dienone is 2. The van der Waals surface area contributed by atoms with Crippen LogP contribution in [-0.2, 0) is 24.6 Å². The minimum atomic E-state index is -1.43. The summed E-state index contributed by atoms with van der Waals surface area (Å²) in [6, 6.07) is 29.3. The lowest BCUT2D eigenvalue weighted by molar-refractivity contribution is -0.384. The van der Waals surface area contributed by atoms with E-state index in [1.54, 1.807) is 24.3 Å². The SMILES string of the molecule is Cc1ccc(NN2C(=O)C3CC4C(=CCC5C(=O)N(c6cccc([N+](=O)[O-])c6)C(=O)C54)C(c4ccc(OCCO)cc4)C3(c3ccccc3)C2=O)cc1. The summed E-state index contributed by atoms with van der Waals surface area (Å²) in [4.78, 5) is 70.7. The topological polar surface area (TPSA) is 159 Å². The Kier molecular flexibility index (Phi) is 8.41. The first kappa shape index (κ1) is 34.0. The fraction of sp³-hybridized carbons (Fsp3) is 0.268. The van der Waals surface area contributed by atoms with Gasteiger partial charge in [0.15, 0.2) is 0 Å². The number of nitro groups is 1. The van der Waals surface area contributed by atoms with Gasteiger partial charge in [0.1, 0.15) is 12.4 Å². The molecule has 0 bridgehead atoms. The first-order chi connectivity index (χ1) is 25.6. The molecule has 1 saturated carbocycles. The number of amides is 4. The molecule has 2 N–H and O–H groups in total. The number of nitrogens with one attached hydrogen (secondary N) is 1. The molecule has 0 spiro atoms. The predicted molar refractivity (Wildman–Crippen MR) is 193 cm³/mol. The van der Waals surface area contributed by atoms with Gasteiger partial charge in [0.05, 0.1) is 46.1 Å². The largest absolute Gasteiger partial charge is 0.491 e. The Hall–Kier alpha value is -6.14. The zero-order valence-corrected chi connectivity index (χ0v) is 28.8. The Bertz CT molecular complexity index is 2170. The fourth-order valence-electron chi connectivity index (χ4n) is 9.04. The van der Waals surface area contributed by atoms with Crippen molar-refractivity contribution in [1.29, 1.82) is 0 Å². The highest BCUT2D eigenvalue weighted by Gasteiger charge is 2.70. The van der Waals surface area contributed by atoms with Gasteiger partial charge in [0.2, 0.25) is 11.8 Å². The third-order valence-corrected chi connectivity index (χ3v) is 11.3. The van der Waals surface area contributed by atoms with Crippen molar-refractivity contribution < 1.29 is 33.9 Å². The van der Waals surface area contributed by atoms with Crippen LogP contribution in [-0.4, -0.2) is 51.9 Å². The second-order valence-electron chi connectivity index (χ2n) is 14.0. The number of imide groups is 2. The standard InChI is InChI=1S/C41H36N4O8/c1-24-10-14-27(15-11-24)42-44-38(48)34-23-33-31(18-19-32-35(33)39(49)43(37(32)47)28-8-5-9-29(22-28)45(51)52)36(25-12-16-30(17-13-25)53-21-20-46)41(34,40(44)50)26-6-3-2-4-7-26/h2-18,22,32-36,42,46H,19-21,23H2,1H3. The van der Waals surface area contributed by atoms with Gasteiger partial charge >= 0.3 is 0 Å². The van der Waals surface area contributed by atoms with Crippen LogP contribution in [0.25, 0.3) is 0 Å². The molecule has 8 rings (SSSR count). The number of ether oxygens (including phenoxy) is 1. The van der Waals surface area contributed by atoms with Crippen molar-refractivity contribution in [1.82, 2.24) is 5.01 Å². The van der Waals surface area contributed by atoms with Crippen LogP contribution in [0, 0.1) is 40.7 Å². The minimum Gasteiger partial charge on any atom is -0.491 e. The maximum atomic E-state index is 15.3.